The van der Waals surface area contributed by atoms with Crippen LogP contribution in [0.4, 0.5) is 0 Å². The highest BCUT2D eigenvalue weighted by Gasteiger charge is 2.41. The van der Waals surface area contributed by atoms with Crippen LogP contribution in [-0.4, -0.2) is 18.6 Å². The Morgan fingerprint density at radius 1 is 1.50 bits per heavy atom. The smallest absolute Gasteiger partial charge is 0.0537 e. The number of rotatable bonds is 5. The molecule has 0 aliphatic heterocycles. The highest BCUT2D eigenvalue weighted by Crippen LogP contribution is 2.46. The van der Waals surface area contributed by atoms with Gasteiger partial charge >= 0.3 is 0 Å². The van der Waals surface area contributed by atoms with Gasteiger partial charge in [-0.3, -0.25) is 0 Å². The molecule has 1 saturated carbocycles. The van der Waals surface area contributed by atoms with Crippen LogP contribution in [0.5, 0.6) is 0 Å². The molecule has 1 rings (SSSR count). The molecule has 0 N–H and O–H groups in total. The number of ether oxygens (including phenoxy) is 1. The molecule has 1 unspecified atom stereocenters. The minimum absolute atomic E-state index is 0.228. The van der Waals surface area contributed by atoms with Gasteiger partial charge in [-0.15, -0.1) is 11.6 Å². The maximum absolute atomic E-state index is 5.95. The normalized spacial score (nSPS) is 22.8. The third-order valence-corrected chi connectivity index (χ3v) is 3.23. The van der Waals surface area contributed by atoms with Crippen molar-refractivity contribution in [1.29, 1.82) is 0 Å². The summed E-state index contributed by atoms with van der Waals surface area (Å²) in [6, 6.07) is 0. The van der Waals surface area contributed by atoms with Crippen molar-refractivity contribution in [1.82, 2.24) is 0 Å². The second-order valence-corrected chi connectivity index (χ2v) is 4.69. The molecular weight excluding hydrogens is 172 g/mol. The molecule has 2 heteroatoms. The third-order valence-electron chi connectivity index (χ3n) is 2.61. The molecule has 1 aliphatic carbocycles. The Balaban J connectivity index is 2.33. The summed E-state index contributed by atoms with van der Waals surface area (Å²) in [4.78, 5) is 0. The van der Waals surface area contributed by atoms with Crippen molar-refractivity contribution in [3.05, 3.63) is 0 Å². The second-order valence-electron chi connectivity index (χ2n) is 4.42. The predicted molar refractivity (Wildman–Crippen MR) is 52.6 cm³/mol. The summed E-state index contributed by atoms with van der Waals surface area (Å²) < 4.78 is 5.61. The summed E-state index contributed by atoms with van der Waals surface area (Å²) >= 11 is 5.95. The van der Waals surface area contributed by atoms with Crippen LogP contribution in [0.3, 0.4) is 0 Å². The molecule has 1 nitrogen and oxygen atoms in total. The van der Waals surface area contributed by atoms with Gasteiger partial charge in [-0.2, -0.15) is 0 Å². The van der Waals surface area contributed by atoms with Crippen LogP contribution >= 0.6 is 11.6 Å². The first-order valence-electron chi connectivity index (χ1n) is 4.76. The van der Waals surface area contributed by atoms with E-state index in [2.05, 4.69) is 20.8 Å². The van der Waals surface area contributed by atoms with E-state index in [1.54, 1.807) is 0 Å². The molecule has 1 aliphatic rings. The van der Waals surface area contributed by atoms with Crippen LogP contribution in [0.15, 0.2) is 0 Å². The molecular formula is C10H19ClO. The number of alkyl halides is 1. The second kappa shape index (κ2) is 3.97. The van der Waals surface area contributed by atoms with Crippen LogP contribution in [0.2, 0.25) is 0 Å². The predicted octanol–water partition coefficient (Wildman–Crippen LogP) is 3.07. The average Bonchev–Trinajstić information content (AvgIpc) is 2.82. The van der Waals surface area contributed by atoms with Gasteiger partial charge in [0.1, 0.15) is 0 Å². The molecule has 0 bridgehead atoms. The molecule has 0 spiro atoms. The summed E-state index contributed by atoms with van der Waals surface area (Å²) in [5.41, 5.74) is 0.228. The van der Waals surface area contributed by atoms with Crippen LogP contribution in [-0.2, 0) is 4.74 Å². The Labute approximate surface area is 80.4 Å². The average molecular weight is 191 g/mol. The van der Waals surface area contributed by atoms with Crippen molar-refractivity contribution < 1.29 is 4.74 Å². The van der Waals surface area contributed by atoms with Crippen molar-refractivity contribution >= 4 is 11.6 Å². The van der Waals surface area contributed by atoms with Crippen molar-refractivity contribution in [2.75, 3.05) is 12.5 Å². The van der Waals surface area contributed by atoms with Gasteiger partial charge in [-0.05, 0) is 32.6 Å². The Morgan fingerprint density at radius 3 is 2.42 bits per heavy atom. The molecule has 1 fully saturated rings. The Kier molecular flexibility index (Phi) is 3.42. The van der Waals surface area contributed by atoms with Gasteiger partial charge in [-0.1, -0.05) is 6.92 Å². The van der Waals surface area contributed by atoms with Crippen molar-refractivity contribution in [2.45, 2.75) is 39.7 Å². The first-order chi connectivity index (χ1) is 5.58. The minimum Gasteiger partial charge on any atom is -0.378 e. The zero-order valence-corrected chi connectivity index (χ0v) is 9.03. The van der Waals surface area contributed by atoms with Gasteiger partial charge in [-0.25, -0.2) is 0 Å². The van der Waals surface area contributed by atoms with E-state index >= 15 is 0 Å². The van der Waals surface area contributed by atoms with Gasteiger partial charge < -0.3 is 4.74 Å². The molecule has 72 valence electrons. The zero-order chi connectivity index (χ0) is 9.19. The van der Waals surface area contributed by atoms with Crippen molar-refractivity contribution in [3.8, 4) is 0 Å². The van der Waals surface area contributed by atoms with Gasteiger partial charge in [0.15, 0.2) is 0 Å². The quantitative estimate of drug-likeness (QED) is 0.606. The van der Waals surface area contributed by atoms with Crippen LogP contribution in [0, 0.1) is 11.3 Å². The fourth-order valence-corrected chi connectivity index (χ4v) is 1.70. The standard InChI is InChI=1S/C10H19ClO/c1-8(2)12-7-10(3,6-11)9-4-5-9/h8-9H,4-7H2,1-3H3. The van der Waals surface area contributed by atoms with Gasteiger partial charge in [0.25, 0.3) is 0 Å². The maximum Gasteiger partial charge on any atom is 0.0537 e. The summed E-state index contributed by atoms with van der Waals surface area (Å²) in [5.74, 6) is 1.54. The topological polar surface area (TPSA) is 9.23 Å². The highest BCUT2D eigenvalue weighted by atomic mass is 35.5. The molecule has 0 radical (unpaired) electrons. The van der Waals surface area contributed by atoms with Crippen molar-refractivity contribution in [2.24, 2.45) is 11.3 Å². The number of halogens is 1. The van der Waals surface area contributed by atoms with Crippen molar-refractivity contribution in [3.63, 3.8) is 0 Å². The Morgan fingerprint density at radius 2 is 2.08 bits per heavy atom. The molecule has 0 amide bonds. The lowest BCUT2D eigenvalue weighted by atomic mass is 9.88. The molecule has 12 heavy (non-hydrogen) atoms. The monoisotopic (exact) mass is 190 g/mol. The fourth-order valence-electron chi connectivity index (χ4n) is 1.40. The minimum atomic E-state index is 0.228. The molecule has 0 aromatic heterocycles. The Hall–Kier alpha value is 0.250. The van der Waals surface area contributed by atoms with E-state index in [1.807, 2.05) is 0 Å². The highest BCUT2D eigenvalue weighted by molar-refractivity contribution is 6.18. The van der Waals surface area contributed by atoms with Crippen LogP contribution < -0.4 is 0 Å². The van der Waals surface area contributed by atoms with Gasteiger partial charge in [0.05, 0.1) is 12.7 Å². The zero-order valence-electron chi connectivity index (χ0n) is 8.27. The first kappa shape index (κ1) is 10.3. The first-order valence-corrected chi connectivity index (χ1v) is 5.29. The van der Waals surface area contributed by atoms with E-state index in [9.17, 15) is 0 Å². The summed E-state index contributed by atoms with van der Waals surface area (Å²) in [5, 5.41) is 0. The lowest BCUT2D eigenvalue weighted by Gasteiger charge is -2.27. The van der Waals surface area contributed by atoms with Gasteiger partial charge in [0.2, 0.25) is 0 Å². The van der Waals surface area contributed by atoms with Crippen LogP contribution in [0.25, 0.3) is 0 Å². The van der Waals surface area contributed by atoms with E-state index in [-0.39, 0.29) is 5.41 Å². The molecule has 0 aromatic rings. The molecule has 0 aromatic carbocycles. The van der Waals surface area contributed by atoms with Crippen LogP contribution in [0.1, 0.15) is 33.6 Å². The lowest BCUT2D eigenvalue weighted by Crippen LogP contribution is -2.29. The van der Waals surface area contributed by atoms with E-state index in [0.717, 1.165) is 18.4 Å². The Bertz CT molecular complexity index is 143. The third kappa shape index (κ3) is 2.63. The molecule has 0 heterocycles. The molecule has 0 saturated heterocycles. The van der Waals surface area contributed by atoms with E-state index in [0.29, 0.717) is 6.10 Å². The summed E-state index contributed by atoms with van der Waals surface area (Å²) in [6.07, 6.45) is 3.00. The number of hydrogen-bond acceptors (Lipinski definition) is 1. The fraction of sp³-hybridized carbons (Fsp3) is 1.00. The SMILES string of the molecule is CC(C)OCC(C)(CCl)C1CC1. The van der Waals surface area contributed by atoms with Gasteiger partial charge in [0, 0.05) is 11.3 Å². The summed E-state index contributed by atoms with van der Waals surface area (Å²) in [7, 11) is 0. The van der Waals surface area contributed by atoms with E-state index in [1.165, 1.54) is 12.8 Å². The largest absolute Gasteiger partial charge is 0.378 e. The maximum atomic E-state index is 5.95. The lowest BCUT2D eigenvalue weighted by molar-refractivity contribution is 0.0142. The van der Waals surface area contributed by atoms with E-state index in [4.69, 9.17) is 16.3 Å². The number of hydrogen-bond donors (Lipinski definition) is 0. The molecule has 1 atom stereocenters. The van der Waals surface area contributed by atoms with E-state index < -0.39 is 0 Å². The summed E-state index contributed by atoms with van der Waals surface area (Å²) in [6.45, 7) is 7.20.